The Morgan fingerprint density at radius 1 is 1.09 bits per heavy atom. The van der Waals surface area contributed by atoms with Crippen molar-refractivity contribution in [3.8, 4) is 0 Å². The van der Waals surface area contributed by atoms with Gasteiger partial charge in [0.25, 0.3) is 5.91 Å². The van der Waals surface area contributed by atoms with Gasteiger partial charge in [-0.25, -0.2) is 0 Å². The van der Waals surface area contributed by atoms with Crippen LogP contribution in [0.1, 0.15) is 29.8 Å². The van der Waals surface area contributed by atoms with Crippen LogP contribution in [0.25, 0.3) is 0 Å². The first-order valence-corrected chi connectivity index (χ1v) is 7.60. The number of hydrogen-bond donors (Lipinski definition) is 2. The molecule has 0 saturated carbocycles. The maximum atomic E-state index is 12.4. The van der Waals surface area contributed by atoms with Crippen LogP contribution in [0, 0.1) is 5.92 Å². The number of aromatic nitrogens is 1. The molecule has 0 bridgehead atoms. The minimum atomic E-state index is -0.584. The first-order valence-electron chi connectivity index (χ1n) is 7.60. The van der Waals surface area contributed by atoms with Gasteiger partial charge in [0.05, 0.1) is 0 Å². The van der Waals surface area contributed by atoms with Gasteiger partial charge in [-0.15, -0.1) is 0 Å². The third-order valence-electron chi connectivity index (χ3n) is 3.46. The number of pyridine rings is 1. The lowest BCUT2D eigenvalue weighted by Crippen LogP contribution is -2.49. The standard InChI is InChI=1S/C18H21N3O2/c1-13(2)16(21-17(22)15-8-4-3-5-9-15)18(23)20-12-14-7-6-10-19-11-14/h3-11,13,16H,12H2,1-2H3,(H,20,23)(H,21,22)/t16-/m1/s1. The number of rotatable bonds is 6. The van der Waals surface area contributed by atoms with E-state index in [1.165, 1.54) is 0 Å². The van der Waals surface area contributed by atoms with Crippen molar-refractivity contribution < 1.29 is 9.59 Å². The van der Waals surface area contributed by atoms with E-state index in [4.69, 9.17) is 0 Å². The number of nitrogens with one attached hydrogen (secondary N) is 2. The fourth-order valence-electron chi connectivity index (χ4n) is 2.15. The molecule has 2 N–H and O–H groups in total. The number of amides is 2. The zero-order valence-electron chi connectivity index (χ0n) is 13.3. The monoisotopic (exact) mass is 311 g/mol. The third kappa shape index (κ3) is 4.92. The van der Waals surface area contributed by atoms with Gasteiger partial charge in [-0.3, -0.25) is 14.6 Å². The number of nitrogens with zero attached hydrogens (tertiary/aromatic N) is 1. The summed E-state index contributed by atoms with van der Waals surface area (Å²) in [5, 5.41) is 5.65. The predicted molar refractivity (Wildman–Crippen MR) is 88.6 cm³/mol. The molecule has 0 saturated heterocycles. The second-order valence-electron chi connectivity index (χ2n) is 5.64. The lowest BCUT2D eigenvalue weighted by atomic mass is 10.0. The maximum Gasteiger partial charge on any atom is 0.251 e. The van der Waals surface area contributed by atoms with Crippen molar-refractivity contribution in [3.05, 3.63) is 66.0 Å². The van der Waals surface area contributed by atoms with Crippen molar-refractivity contribution in [2.24, 2.45) is 5.92 Å². The van der Waals surface area contributed by atoms with Crippen LogP contribution in [-0.2, 0) is 11.3 Å². The molecule has 120 valence electrons. The summed E-state index contributed by atoms with van der Waals surface area (Å²) < 4.78 is 0. The first kappa shape index (κ1) is 16.7. The van der Waals surface area contributed by atoms with E-state index >= 15 is 0 Å². The average Bonchev–Trinajstić information content (AvgIpc) is 2.58. The highest BCUT2D eigenvalue weighted by molar-refractivity contribution is 5.97. The number of carbonyl (C=O) groups is 2. The Morgan fingerprint density at radius 2 is 1.83 bits per heavy atom. The van der Waals surface area contributed by atoms with E-state index in [1.807, 2.05) is 32.0 Å². The summed E-state index contributed by atoms with van der Waals surface area (Å²) in [6.45, 7) is 4.19. The summed E-state index contributed by atoms with van der Waals surface area (Å²) in [7, 11) is 0. The molecule has 2 aromatic rings. The summed E-state index contributed by atoms with van der Waals surface area (Å²) in [6.07, 6.45) is 3.38. The van der Waals surface area contributed by atoms with E-state index in [0.29, 0.717) is 12.1 Å². The van der Waals surface area contributed by atoms with Crippen molar-refractivity contribution in [1.29, 1.82) is 0 Å². The molecular formula is C18H21N3O2. The third-order valence-corrected chi connectivity index (χ3v) is 3.46. The SMILES string of the molecule is CC(C)[C@@H](NC(=O)c1ccccc1)C(=O)NCc1cccnc1. The molecule has 0 aliphatic carbocycles. The lowest BCUT2D eigenvalue weighted by Gasteiger charge is -2.21. The molecular weight excluding hydrogens is 290 g/mol. The van der Waals surface area contributed by atoms with E-state index in [1.54, 1.807) is 36.7 Å². The van der Waals surface area contributed by atoms with Gasteiger partial charge in [-0.05, 0) is 29.7 Å². The summed E-state index contributed by atoms with van der Waals surface area (Å²) >= 11 is 0. The summed E-state index contributed by atoms with van der Waals surface area (Å²) in [5.74, 6) is -0.467. The number of hydrogen-bond acceptors (Lipinski definition) is 3. The van der Waals surface area contributed by atoms with Crippen molar-refractivity contribution in [1.82, 2.24) is 15.6 Å². The van der Waals surface area contributed by atoms with Crippen molar-refractivity contribution in [2.75, 3.05) is 0 Å². The zero-order valence-corrected chi connectivity index (χ0v) is 13.3. The lowest BCUT2D eigenvalue weighted by molar-refractivity contribution is -0.124. The van der Waals surface area contributed by atoms with Crippen LogP contribution >= 0.6 is 0 Å². The van der Waals surface area contributed by atoms with Crippen molar-refractivity contribution in [2.45, 2.75) is 26.4 Å². The molecule has 1 atom stereocenters. The first-order chi connectivity index (χ1) is 11.1. The van der Waals surface area contributed by atoms with Crippen LogP contribution in [0.4, 0.5) is 0 Å². The molecule has 5 nitrogen and oxygen atoms in total. The molecule has 0 fully saturated rings. The van der Waals surface area contributed by atoms with E-state index in [-0.39, 0.29) is 17.7 Å². The molecule has 0 aliphatic heterocycles. The summed E-state index contributed by atoms with van der Waals surface area (Å²) in [6, 6.07) is 12.0. The van der Waals surface area contributed by atoms with Crippen LogP contribution in [0.3, 0.4) is 0 Å². The van der Waals surface area contributed by atoms with E-state index < -0.39 is 6.04 Å². The quantitative estimate of drug-likeness (QED) is 0.858. The normalized spacial score (nSPS) is 11.8. The minimum Gasteiger partial charge on any atom is -0.350 e. The predicted octanol–water partition coefficient (Wildman–Crippen LogP) is 2.15. The molecule has 1 heterocycles. The van der Waals surface area contributed by atoms with Crippen LogP contribution in [0.5, 0.6) is 0 Å². The van der Waals surface area contributed by atoms with Gasteiger partial charge in [0, 0.05) is 24.5 Å². The molecule has 0 aliphatic rings. The fourth-order valence-corrected chi connectivity index (χ4v) is 2.15. The minimum absolute atomic E-state index is 0.0171. The maximum absolute atomic E-state index is 12.4. The Morgan fingerprint density at radius 3 is 2.43 bits per heavy atom. The molecule has 1 aromatic carbocycles. The Hall–Kier alpha value is -2.69. The molecule has 5 heteroatoms. The Kier molecular flexibility index (Phi) is 5.86. The summed E-state index contributed by atoms with van der Waals surface area (Å²) in [5.41, 5.74) is 1.45. The Balaban J connectivity index is 1.97. The second kappa shape index (κ2) is 8.08. The second-order valence-corrected chi connectivity index (χ2v) is 5.64. The van der Waals surface area contributed by atoms with Gasteiger partial charge in [0.1, 0.15) is 6.04 Å². The smallest absolute Gasteiger partial charge is 0.251 e. The molecule has 0 radical (unpaired) electrons. The van der Waals surface area contributed by atoms with Crippen molar-refractivity contribution in [3.63, 3.8) is 0 Å². The highest BCUT2D eigenvalue weighted by Gasteiger charge is 2.24. The highest BCUT2D eigenvalue weighted by Crippen LogP contribution is 2.06. The zero-order chi connectivity index (χ0) is 16.7. The molecule has 2 rings (SSSR count). The molecule has 0 spiro atoms. The van der Waals surface area contributed by atoms with Gasteiger partial charge in [0.2, 0.25) is 5.91 Å². The fraction of sp³-hybridized carbons (Fsp3) is 0.278. The van der Waals surface area contributed by atoms with E-state index in [9.17, 15) is 9.59 Å². The Bertz CT molecular complexity index is 642. The largest absolute Gasteiger partial charge is 0.350 e. The molecule has 0 unspecified atom stereocenters. The number of benzene rings is 1. The van der Waals surface area contributed by atoms with Crippen LogP contribution < -0.4 is 10.6 Å². The van der Waals surface area contributed by atoms with Gasteiger partial charge in [-0.1, -0.05) is 38.1 Å². The molecule has 23 heavy (non-hydrogen) atoms. The topological polar surface area (TPSA) is 71.1 Å². The van der Waals surface area contributed by atoms with Gasteiger partial charge in [0.15, 0.2) is 0 Å². The number of carbonyl (C=O) groups excluding carboxylic acids is 2. The van der Waals surface area contributed by atoms with Crippen molar-refractivity contribution >= 4 is 11.8 Å². The van der Waals surface area contributed by atoms with Gasteiger partial charge < -0.3 is 10.6 Å². The Labute approximate surface area is 136 Å². The van der Waals surface area contributed by atoms with E-state index in [0.717, 1.165) is 5.56 Å². The molecule has 1 aromatic heterocycles. The van der Waals surface area contributed by atoms with Crippen LogP contribution in [0.2, 0.25) is 0 Å². The van der Waals surface area contributed by atoms with Crippen LogP contribution in [-0.4, -0.2) is 22.8 Å². The highest BCUT2D eigenvalue weighted by atomic mass is 16.2. The van der Waals surface area contributed by atoms with Gasteiger partial charge >= 0.3 is 0 Å². The van der Waals surface area contributed by atoms with E-state index in [2.05, 4.69) is 15.6 Å². The summed E-state index contributed by atoms with van der Waals surface area (Å²) in [4.78, 5) is 28.6. The van der Waals surface area contributed by atoms with Gasteiger partial charge in [-0.2, -0.15) is 0 Å². The average molecular weight is 311 g/mol. The molecule has 2 amide bonds. The van der Waals surface area contributed by atoms with Crippen LogP contribution in [0.15, 0.2) is 54.9 Å².